The maximum absolute atomic E-state index is 12.9. The predicted octanol–water partition coefficient (Wildman–Crippen LogP) is 3.80. The zero-order valence-corrected chi connectivity index (χ0v) is 21.9. The van der Waals surface area contributed by atoms with Gasteiger partial charge in [-0.25, -0.2) is 4.98 Å². The smallest absolute Gasteiger partial charge is 0.261 e. The number of thiophene rings is 1. The van der Waals surface area contributed by atoms with E-state index < -0.39 is 0 Å². The van der Waals surface area contributed by atoms with E-state index in [0.29, 0.717) is 29.7 Å². The molecule has 1 aliphatic rings. The Morgan fingerprint density at radius 1 is 1.11 bits per heavy atom. The molecule has 8 nitrogen and oxygen atoms in total. The quantitative estimate of drug-likeness (QED) is 0.427. The summed E-state index contributed by atoms with van der Waals surface area (Å²) in [6.45, 7) is 10.4. The summed E-state index contributed by atoms with van der Waals surface area (Å²) in [5.41, 5.74) is 3.48. The molecule has 0 spiro atoms. The van der Waals surface area contributed by atoms with E-state index in [0.717, 1.165) is 61.3 Å². The Hall–Kier alpha value is -2.75. The number of nitrogens with one attached hydrogen (secondary N) is 1. The third-order valence-corrected chi connectivity index (χ3v) is 7.59. The highest BCUT2D eigenvalue weighted by Crippen LogP contribution is 2.35. The minimum absolute atomic E-state index is 0.0624. The van der Waals surface area contributed by atoms with Gasteiger partial charge in [-0.2, -0.15) is 4.98 Å². The number of aromatic nitrogens is 2. The van der Waals surface area contributed by atoms with Crippen molar-refractivity contribution in [3.63, 3.8) is 0 Å². The zero-order valence-electron chi connectivity index (χ0n) is 21.1. The lowest BCUT2D eigenvalue weighted by atomic mass is 10.2. The number of carbonyl (C=O) groups excluding carboxylic acids is 1. The molecule has 0 aliphatic carbocycles. The minimum atomic E-state index is -0.0624. The summed E-state index contributed by atoms with van der Waals surface area (Å²) < 4.78 is 10.6. The average molecular weight is 498 g/mol. The molecule has 0 radical (unpaired) electrons. The Morgan fingerprint density at radius 2 is 1.91 bits per heavy atom. The molecule has 188 valence electrons. The van der Waals surface area contributed by atoms with Crippen LogP contribution in [-0.4, -0.2) is 74.3 Å². The van der Waals surface area contributed by atoms with Crippen LogP contribution in [0.15, 0.2) is 24.3 Å². The normalized spacial score (nSPS) is 14.5. The number of methoxy groups -OCH3 is 2. The van der Waals surface area contributed by atoms with Crippen molar-refractivity contribution in [1.82, 2.24) is 20.2 Å². The molecule has 1 N–H and O–H groups in total. The summed E-state index contributed by atoms with van der Waals surface area (Å²) in [4.78, 5) is 28.2. The number of ether oxygens (including phenoxy) is 2. The summed E-state index contributed by atoms with van der Waals surface area (Å²) in [7, 11) is 3.18. The largest absolute Gasteiger partial charge is 0.480 e. The number of hydrogen-bond donors (Lipinski definition) is 1. The molecule has 3 heterocycles. The molecule has 0 unspecified atom stereocenters. The first-order chi connectivity index (χ1) is 17.0. The molecule has 35 heavy (non-hydrogen) atoms. The summed E-state index contributed by atoms with van der Waals surface area (Å²) in [5.74, 6) is 0.967. The fourth-order valence-corrected chi connectivity index (χ4v) is 5.61. The topological polar surface area (TPSA) is 79.8 Å². The van der Waals surface area contributed by atoms with Crippen molar-refractivity contribution in [3.05, 3.63) is 46.1 Å². The number of unbranched alkanes of at least 4 members (excludes halogenated alkanes) is 1. The van der Waals surface area contributed by atoms with Crippen LogP contribution in [0, 0.1) is 13.8 Å². The van der Waals surface area contributed by atoms with E-state index in [1.54, 1.807) is 14.2 Å². The predicted molar refractivity (Wildman–Crippen MR) is 141 cm³/mol. The molecular weight excluding hydrogens is 462 g/mol. The van der Waals surface area contributed by atoms with Gasteiger partial charge in [-0.15, -0.1) is 11.3 Å². The molecule has 0 saturated carbocycles. The van der Waals surface area contributed by atoms with Crippen molar-refractivity contribution >= 4 is 33.1 Å². The van der Waals surface area contributed by atoms with Crippen LogP contribution in [0.3, 0.4) is 0 Å². The van der Waals surface area contributed by atoms with Gasteiger partial charge in [0.2, 0.25) is 5.88 Å². The highest BCUT2D eigenvalue weighted by Gasteiger charge is 2.21. The maximum atomic E-state index is 12.9. The van der Waals surface area contributed by atoms with Crippen molar-refractivity contribution in [2.24, 2.45) is 0 Å². The molecular formula is C26H35N5O3S. The van der Waals surface area contributed by atoms with E-state index in [2.05, 4.69) is 56.3 Å². The van der Waals surface area contributed by atoms with Crippen LogP contribution in [-0.2, 0) is 11.3 Å². The number of amides is 1. The molecule has 9 heteroatoms. The number of fused-ring (bicyclic) bond motifs is 1. The first-order valence-electron chi connectivity index (χ1n) is 12.1. The van der Waals surface area contributed by atoms with E-state index in [4.69, 9.17) is 9.47 Å². The van der Waals surface area contributed by atoms with Gasteiger partial charge < -0.3 is 19.7 Å². The molecule has 1 saturated heterocycles. The standard InChI is InChI=1S/C26H35N5O3S/c1-18-8-7-9-20(16-18)31-14-12-30(13-15-31)11-6-5-10-27-24(32)23-19(2)22-25(34-4)28-21(17-33-3)29-26(22)35-23/h7-9,16H,5-6,10-15,17H2,1-4H3,(H,27,32). The number of carbonyl (C=O) groups is 1. The van der Waals surface area contributed by atoms with Crippen molar-refractivity contribution < 1.29 is 14.3 Å². The lowest BCUT2D eigenvalue weighted by molar-refractivity contribution is 0.0956. The van der Waals surface area contributed by atoms with Crippen LogP contribution in [0.4, 0.5) is 5.69 Å². The van der Waals surface area contributed by atoms with Crippen molar-refractivity contribution in [1.29, 1.82) is 0 Å². The van der Waals surface area contributed by atoms with Crippen LogP contribution in [0.2, 0.25) is 0 Å². The minimum Gasteiger partial charge on any atom is -0.480 e. The Morgan fingerprint density at radius 3 is 2.63 bits per heavy atom. The first kappa shape index (κ1) is 25.3. The number of nitrogens with zero attached hydrogens (tertiary/aromatic N) is 4. The molecule has 0 bridgehead atoms. The first-order valence-corrected chi connectivity index (χ1v) is 13.0. The third-order valence-electron chi connectivity index (χ3n) is 6.40. The van der Waals surface area contributed by atoms with Crippen molar-refractivity contribution in [2.45, 2.75) is 33.3 Å². The Kier molecular flexibility index (Phi) is 8.54. The zero-order chi connectivity index (χ0) is 24.8. The van der Waals surface area contributed by atoms with Gasteiger partial charge in [0.05, 0.1) is 17.4 Å². The van der Waals surface area contributed by atoms with Gasteiger partial charge in [0.1, 0.15) is 11.4 Å². The number of rotatable bonds is 10. The molecule has 1 amide bonds. The van der Waals surface area contributed by atoms with Gasteiger partial charge in [0.25, 0.3) is 5.91 Å². The maximum Gasteiger partial charge on any atom is 0.261 e. The molecule has 4 rings (SSSR count). The monoisotopic (exact) mass is 497 g/mol. The van der Waals surface area contributed by atoms with E-state index >= 15 is 0 Å². The molecule has 1 aromatic carbocycles. The Labute approximate surface area is 211 Å². The van der Waals surface area contributed by atoms with Gasteiger partial charge in [-0.05, 0) is 56.5 Å². The summed E-state index contributed by atoms with van der Waals surface area (Å²) in [6.07, 6.45) is 2.02. The van der Waals surface area contributed by atoms with E-state index in [1.807, 2.05) is 6.92 Å². The molecule has 1 fully saturated rings. The van der Waals surface area contributed by atoms with E-state index in [9.17, 15) is 4.79 Å². The van der Waals surface area contributed by atoms with Crippen LogP contribution < -0.4 is 15.0 Å². The van der Waals surface area contributed by atoms with Crippen LogP contribution >= 0.6 is 11.3 Å². The second-order valence-corrected chi connectivity index (χ2v) is 9.95. The molecule has 3 aromatic rings. The number of piperazine rings is 1. The van der Waals surface area contributed by atoms with Gasteiger partial charge in [-0.1, -0.05) is 12.1 Å². The van der Waals surface area contributed by atoms with Gasteiger partial charge in [0, 0.05) is 45.5 Å². The fourth-order valence-electron chi connectivity index (χ4n) is 4.50. The number of benzene rings is 1. The highest BCUT2D eigenvalue weighted by molar-refractivity contribution is 7.20. The lowest BCUT2D eigenvalue weighted by Gasteiger charge is -2.36. The second-order valence-electron chi connectivity index (χ2n) is 8.95. The number of anilines is 1. The third kappa shape index (κ3) is 6.09. The Balaban J connectivity index is 1.23. The van der Waals surface area contributed by atoms with Gasteiger partial charge >= 0.3 is 0 Å². The second kappa shape index (κ2) is 11.8. The Bertz CT molecular complexity index is 1160. The summed E-state index contributed by atoms with van der Waals surface area (Å²) in [6, 6.07) is 8.74. The van der Waals surface area contributed by atoms with Crippen molar-refractivity contribution in [3.8, 4) is 5.88 Å². The van der Waals surface area contributed by atoms with Gasteiger partial charge in [-0.3, -0.25) is 9.69 Å². The molecule has 2 aromatic heterocycles. The van der Waals surface area contributed by atoms with E-state index in [-0.39, 0.29) is 5.91 Å². The molecule has 1 aliphatic heterocycles. The van der Waals surface area contributed by atoms with Crippen LogP contribution in [0.25, 0.3) is 10.2 Å². The van der Waals surface area contributed by atoms with Gasteiger partial charge in [0.15, 0.2) is 5.82 Å². The SMILES string of the molecule is COCc1nc(OC)c2c(C)c(C(=O)NCCCCN3CCN(c4cccc(C)c4)CC3)sc2n1. The summed E-state index contributed by atoms with van der Waals surface area (Å²) >= 11 is 1.38. The van der Waals surface area contributed by atoms with Crippen LogP contribution in [0.1, 0.15) is 39.5 Å². The molecule has 0 atom stereocenters. The van der Waals surface area contributed by atoms with E-state index in [1.165, 1.54) is 22.6 Å². The average Bonchev–Trinajstić information content (AvgIpc) is 3.20. The summed E-state index contributed by atoms with van der Waals surface area (Å²) in [5, 5.41) is 3.88. The highest BCUT2D eigenvalue weighted by atomic mass is 32.1. The fraction of sp³-hybridized carbons (Fsp3) is 0.500. The van der Waals surface area contributed by atoms with Crippen LogP contribution in [0.5, 0.6) is 5.88 Å². The number of hydrogen-bond acceptors (Lipinski definition) is 8. The van der Waals surface area contributed by atoms with Crippen molar-refractivity contribution in [2.75, 3.05) is 58.4 Å². The lowest BCUT2D eigenvalue weighted by Crippen LogP contribution is -2.46. The number of aryl methyl sites for hydroxylation is 2.